The molecule has 2 N–H and O–H groups in total. The van der Waals surface area contributed by atoms with Gasteiger partial charge >= 0.3 is 19.9 Å². The highest BCUT2D eigenvalue weighted by Gasteiger charge is 2.34. The zero-order valence-electron chi connectivity index (χ0n) is 26.0. The largest absolute Gasteiger partial charge is 0.530 e. The molecule has 0 fully saturated rings. The second-order valence-corrected chi connectivity index (χ2v) is 13.1. The topological polar surface area (TPSA) is 128 Å². The molecule has 45 heavy (non-hydrogen) atoms. The number of fused-ring (bicyclic) bond motifs is 1. The Balaban J connectivity index is 1.65. The van der Waals surface area contributed by atoms with Crippen LogP contribution in [0.3, 0.4) is 0 Å². The van der Waals surface area contributed by atoms with Gasteiger partial charge in [-0.05, 0) is 63.6 Å². The van der Waals surface area contributed by atoms with E-state index in [1.165, 1.54) is 31.0 Å². The number of hydrogen-bond donors (Lipinski definition) is 2. The number of benzene rings is 2. The number of nitrogens with zero attached hydrogens (tertiary/aromatic N) is 2. The minimum Gasteiger partial charge on any atom is -0.447 e. The van der Waals surface area contributed by atoms with Crippen LogP contribution >= 0.6 is 19.4 Å². The van der Waals surface area contributed by atoms with E-state index in [4.69, 9.17) is 29.9 Å². The highest BCUT2D eigenvalue weighted by atomic mass is 35.5. The number of hydrogen-bond acceptors (Lipinski definition) is 8. The third-order valence-corrected chi connectivity index (χ3v) is 8.41. The zero-order chi connectivity index (χ0) is 33.2. The number of allylic oxidation sites excluding steroid dienone is 1. The molecule has 3 amide bonds. The number of pyridine rings is 1. The fraction of sp³-hybridized carbons (Fsp3) is 0.387. The predicted molar refractivity (Wildman–Crippen MR) is 171 cm³/mol. The lowest BCUT2D eigenvalue weighted by Gasteiger charge is -2.29. The molecule has 3 rings (SSSR count). The van der Waals surface area contributed by atoms with Crippen LogP contribution in [0.25, 0.3) is 10.8 Å². The Morgan fingerprint density at radius 1 is 1.16 bits per heavy atom. The first-order chi connectivity index (χ1) is 21.2. The molecule has 3 aromatic rings. The molecule has 0 saturated carbocycles. The number of phosphoric acid groups is 1. The number of carbonyl (C=O) groups is 2. The summed E-state index contributed by atoms with van der Waals surface area (Å²) in [5, 5.41) is 7.01. The van der Waals surface area contributed by atoms with Crippen molar-refractivity contribution >= 4 is 48.1 Å². The summed E-state index contributed by atoms with van der Waals surface area (Å²) in [7, 11) is -2.45. The van der Waals surface area contributed by atoms with Crippen molar-refractivity contribution in [2.24, 2.45) is 0 Å². The molecule has 0 saturated heterocycles. The molecule has 0 aliphatic heterocycles. The average Bonchev–Trinajstić information content (AvgIpc) is 2.95. The van der Waals surface area contributed by atoms with Crippen molar-refractivity contribution in [1.82, 2.24) is 15.2 Å². The number of halogens is 2. The molecular formula is C31H39ClFN4O7P. The number of anilines is 1. The number of nitrogens with one attached hydrogen (secondary N) is 2. The Bertz CT molecular complexity index is 1550. The maximum absolute atomic E-state index is 13.8. The van der Waals surface area contributed by atoms with Gasteiger partial charge in [-0.1, -0.05) is 54.6 Å². The summed E-state index contributed by atoms with van der Waals surface area (Å²) in [4.78, 5) is 31.3. The number of aromatic nitrogens is 1. The molecule has 1 unspecified atom stereocenters. The van der Waals surface area contributed by atoms with Crippen molar-refractivity contribution in [2.45, 2.75) is 58.7 Å². The van der Waals surface area contributed by atoms with Gasteiger partial charge in [-0.15, -0.1) is 0 Å². The van der Waals surface area contributed by atoms with E-state index < -0.39 is 37.4 Å². The van der Waals surface area contributed by atoms with Crippen molar-refractivity contribution in [1.29, 1.82) is 0 Å². The molecule has 14 heteroatoms. The van der Waals surface area contributed by atoms with Crippen LogP contribution in [0.1, 0.15) is 46.1 Å². The van der Waals surface area contributed by atoms with E-state index in [-0.39, 0.29) is 43.4 Å². The maximum Gasteiger partial charge on any atom is 0.530 e. The Kier molecular flexibility index (Phi) is 12.7. The molecule has 1 heterocycles. The molecule has 0 aliphatic carbocycles. The molecule has 2 aromatic carbocycles. The molecule has 0 bridgehead atoms. The van der Waals surface area contributed by atoms with Gasteiger partial charge in [0.05, 0.1) is 29.0 Å². The fourth-order valence-electron chi connectivity index (χ4n) is 4.09. The first kappa shape index (κ1) is 35.8. The van der Waals surface area contributed by atoms with Crippen LogP contribution in [-0.2, 0) is 29.4 Å². The summed E-state index contributed by atoms with van der Waals surface area (Å²) < 4.78 is 48.8. The van der Waals surface area contributed by atoms with E-state index in [1.54, 1.807) is 39.1 Å². The first-order valence-electron chi connectivity index (χ1n) is 14.2. The predicted octanol–water partition coefficient (Wildman–Crippen LogP) is 8.06. The summed E-state index contributed by atoms with van der Waals surface area (Å²) in [6.07, 6.45) is 1.43. The van der Waals surface area contributed by atoms with Gasteiger partial charge in [-0.25, -0.2) is 23.5 Å². The standard InChI is InChI=1S/C31H39ClFN4O7P/c1-21(2)43-45(40,44-31(3,4)5)42-16-10-14-25(37(6)29(38)35-19-24-13-9-15-26(33)28(24)32)20-41-30(39)36-27-17-22-11-7-8-12-23(22)18-34-27/h7-9,11-13,15,17-18,25H,1,10,14,16,19-20H2,2-6H3,(H,35,38)(H,34,36,39)/t25-,45?/m0/s1. The van der Waals surface area contributed by atoms with Gasteiger partial charge in [-0.3, -0.25) is 14.4 Å². The summed E-state index contributed by atoms with van der Waals surface area (Å²) in [5.74, 6) is -0.136. The van der Waals surface area contributed by atoms with Crippen molar-refractivity contribution < 1.29 is 36.9 Å². The van der Waals surface area contributed by atoms with Crippen LogP contribution in [0.2, 0.25) is 5.02 Å². The highest BCUT2D eigenvalue weighted by molar-refractivity contribution is 7.48. The average molecular weight is 665 g/mol. The summed E-state index contributed by atoms with van der Waals surface area (Å²) >= 11 is 6.02. The van der Waals surface area contributed by atoms with Gasteiger partial charge in [0.15, 0.2) is 0 Å². The quantitative estimate of drug-likeness (QED) is 0.101. The van der Waals surface area contributed by atoms with Gasteiger partial charge in [0.1, 0.15) is 18.2 Å². The van der Waals surface area contributed by atoms with Crippen LogP contribution in [-0.4, -0.2) is 53.9 Å². The van der Waals surface area contributed by atoms with Crippen LogP contribution in [0.4, 0.5) is 19.8 Å². The minimum absolute atomic E-state index is 0.0316. The molecule has 1 aromatic heterocycles. The summed E-state index contributed by atoms with van der Waals surface area (Å²) in [6.45, 7) is 9.99. The molecule has 244 valence electrons. The van der Waals surface area contributed by atoms with Crippen molar-refractivity contribution in [3.8, 4) is 0 Å². The molecule has 2 atom stereocenters. The third-order valence-electron chi connectivity index (χ3n) is 6.18. The molecule has 11 nitrogen and oxygen atoms in total. The maximum atomic E-state index is 13.8. The highest BCUT2D eigenvalue weighted by Crippen LogP contribution is 2.54. The lowest BCUT2D eigenvalue weighted by Crippen LogP contribution is -2.46. The van der Waals surface area contributed by atoms with Crippen molar-refractivity contribution in [2.75, 3.05) is 25.6 Å². The first-order valence-corrected chi connectivity index (χ1v) is 16.0. The number of rotatable bonds is 14. The Morgan fingerprint density at radius 2 is 1.87 bits per heavy atom. The summed E-state index contributed by atoms with van der Waals surface area (Å²) in [5.41, 5.74) is -0.425. The van der Waals surface area contributed by atoms with Gasteiger partial charge in [0.25, 0.3) is 0 Å². The van der Waals surface area contributed by atoms with Gasteiger partial charge in [0, 0.05) is 25.2 Å². The van der Waals surface area contributed by atoms with Crippen LogP contribution in [0, 0.1) is 5.82 Å². The number of urea groups is 1. The van der Waals surface area contributed by atoms with E-state index in [2.05, 4.69) is 22.2 Å². The second-order valence-electron chi connectivity index (χ2n) is 11.2. The Hall–Kier alpha value is -3.70. The van der Waals surface area contributed by atoms with Crippen molar-refractivity contribution in [3.63, 3.8) is 0 Å². The zero-order valence-corrected chi connectivity index (χ0v) is 27.6. The van der Waals surface area contributed by atoms with E-state index in [1.807, 2.05) is 24.3 Å². The number of likely N-dealkylation sites (N-methyl/N-ethyl adjacent to an activating group) is 1. The lowest BCUT2D eigenvalue weighted by molar-refractivity contribution is 0.0526. The van der Waals surface area contributed by atoms with Gasteiger partial charge in [-0.2, -0.15) is 0 Å². The smallest absolute Gasteiger partial charge is 0.447 e. The number of phosphoric ester groups is 1. The summed E-state index contributed by atoms with van der Waals surface area (Å²) in [6, 6.07) is 12.4. The second kappa shape index (κ2) is 16.0. The number of amides is 3. The van der Waals surface area contributed by atoms with Crippen LogP contribution in [0.5, 0.6) is 0 Å². The van der Waals surface area contributed by atoms with Crippen LogP contribution in [0.15, 0.2) is 67.1 Å². The molecular weight excluding hydrogens is 626 g/mol. The SMILES string of the molecule is C=C(C)OP(=O)(OCCC[C@@H](COC(=O)Nc1cc2ccccc2cn1)N(C)C(=O)NCc1cccc(F)c1Cl)OC(C)(C)C. The Morgan fingerprint density at radius 3 is 2.56 bits per heavy atom. The van der Waals surface area contributed by atoms with Gasteiger partial charge < -0.3 is 19.5 Å². The van der Waals surface area contributed by atoms with Crippen LogP contribution < -0.4 is 10.6 Å². The van der Waals surface area contributed by atoms with E-state index in [9.17, 15) is 18.5 Å². The monoisotopic (exact) mass is 664 g/mol. The number of carbonyl (C=O) groups excluding carboxylic acids is 2. The van der Waals surface area contributed by atoms with E-state index >= 15 is 0 Å². The minimum atomic E-state index is -3.98. The third kappa shape index (κ3) is 11.6. The van der Waals surface area contributed by atoms with E-state index in [0.29, 0.717) is 11.4 Å². The molecule has 0 radical (unpaired) electrons. The van der Waals surface area contributed by atoms with Gasteiger partial charge in [0.2, 0.25) is 0 Å². The van der Waals surface area contributed by atoms with Crippen molar-refractivity contribution in [3.05, 3.63) is 83.5 Å². The fourth-order valence-corrected chi connectivity index (χ4v) is 5.83. The lowest BCUT2D eigenvalue weighted by atomic mass is 10.1. The molecule has 0 spiro atoms. The normalized spacial score (nSPS) is 13.4. The Labute approximate surface area is 267 Å². The van der Waals surface area contributed by atoms with E-state index in [0.717, 1.165) is 10.8 Å². The molecule has 0 aliphatic rings. The number of ether oxygens (including phenoxy) is 1.